The Morgan fingerprint density at radius 3 is 1.50 bits per heavy atom. The molecule has 4 atom stereocenters. The van der Waals surface area contributed by atoms with Gasteiger partial charge in [0, 0.05) is 0 Å². The standard InChI is InChI=1S/C18H20N2S2/c1-9-13-5-6-14-10(2)18(22-12(14)4)16(8-20)15(7-19)17(9)21-11(13)3/h9-10,17-18H,5-6H2,1-4H3/b16-15-. The number of allylic oxidation sites excluding steroid dienone is 4. The van der Waals surface area contributed by atoms with Crippen molar-refractivity contribution in [3.8, 4) is 12.1 Å². The van der Waals surface area contributed by atoms with Crippen LogP contribution in [0.1, 0.15) is 40.5 Å². The van der Waals surface area contributed by atoms with Crippen molar-refractivity contribution < 1.29 is 0 Å². The first-order valence-electron chi connectivity index (χ1n) is 7.76. The molecule has 0 saturated heterocycles. The van der Waals surface area contributed by atoms with Crippen molar-refractivity contribution >= 4 is 23.5 Å². The van der Waals surface area contributed by atoms with E-state index in [0.717, 1.165) is 24.0 Å². The molecule has 22 heavy (non-hydrogen) atoms. The van der Waals surface area contributed by atoms with Crippen LogP contribution in [0.25, 0.3) is 0 Å². The summed E-state index contributed by atoms with van der Waals surface area (Å²) in [4.78, 5) is 2.72. The topological polar surface area (TPSA) is 47.6 Å². The molecule has 0 aromatic carbocycles. The lowest BCUT2D eigenvalue weighted by Crippen LogP contribution is -2.22. The van der Waals surface area contributed by atoms with Crippen LogP contribution in [0.2, 0.25) is 0 Å². The predicted molar refractivity (Wildman–Crippen MR) is 94.0 cm³/mol. The Morgan fingerprint density at radius 2 is 1.18 bits per heavy atom. The summed E-state index contributed by atoms with van der Waals surface area (Å²) in [6, 6.07) is 4.79. The maximum atomic E-state index is 9.76. The van der Waals surface area contributed by atoms with E-state index in [1.54, 1.807) is 23.5 Å². The van der Waals surface area contributed by atoms with E-state index in [1.165, 1.54) is 21.0 Å². The van der Waals surface area contributed by atoms with Crippen LogP contribution in [0.15, 0.2) is 32.1 Å². The number of rotatable bonds is 0. The number of nitriles is 2. The molecule has 114 valence electrons. The summed E-state index contributed by atoms with van der Waals surface area (Å²) in [5, 5.41) is 19.8. The second-order valence-corrected chi connectivity index (χ2v) is 9.08. The van der Waals surface area contributed by atoms with Crippen molar-refractivity contribution in [2.24, 2.45) is 11.8 Å². The molecule has 3 aliphatic rings. The lowest BCUT2D eigenvalue weighted by atomic mass is 9.81. The van der Waals surface area contributed by atoms with E-state index in [1.807, 2.05) is 0 Å². The first-order valence-corrected chi connectivity index (χ1v) is 9.52. The zero-order valence-electron chi connectivity index (χ0n) is 13.4. The minimum Gasteiger partial charge on any atom is -0.193 e. The number of hydrogen-bond donors (Lipinski definition) is 0. The molecular weight excluding hydrogens is 308 g/mol. The molecule has 2 nitrogen and oxygen atoms in total. The highest BCUT2D eigenvalue weighted by atomic mass is 32.2. The number of nitrogens with zero attached hydrogens (tertiary/aromatic N) is 2. The molecule has 0 radical (unpaired) electrons. The Morgan fingerprint density at radius 1 is 0.818 bits per heavy atom. The highest BCUT2D eigenvalue weighted by Crippen LogP contribution is 2.53. The summed E-state index contributed by atoms with van der Waals surface area (Å²) in [5.74, 6) is 0.725. The molecule has 0 saturated carbocycles. The van der Waals surface area contributed by atoms with Crippen LogP contribution in [-0.4, -0.2) is 10.5 Å². The van der Waals surface area contributed by atoms with Crippen molar-refractivity contribution in [2.45, 2.75) is 51.0 Å². The maximum Gasteiger partial charge on any atom is 0.0970 e. The third kappa shape index (κ3) is 2.25. The smallest absolute Gasteiger partial charge is 0.0970 e. The van der Waals surface area contributed by atoms with Crippen LogP contribution in [-0.2, 0) is 0 Å². The highest BCUT2D eigenvalue weighted by molar-refractivity contribution is 8.04. The fourth-order valence-corrected chi connectivity index (χ4v) is 6.96. The molecule has 2 heterocycles. The Labute approximate surface area is 141 Å². The average molecular weight is 329 g/mol. The van der Waals surface area contributed by atoms with Gasteiger partial charge in [-0.1, -0.05) is 25.0 Å². The first kappa shape index (κ1) is 15.8. The van der Waals surface area contributed by atoms with Gasteiger partial charge in [0.05, 0.1) is 33.8 Å². The predicted octanol–water partition coefficient (Wildman–Crippen LogP) is 5.17. The Bertz CT molecular complexity index is 640. The minimum absolute atomic E-state index is 0.130. The minimum atomic E-state index is 0.130. The summed E-state index contributed by atoms with van der Waals surface area (Å²) in [5.41, 5.74) is 4.41. The normalized spacial score (nSPS) is 38.1. The molecule has 0 fully saturated rings. The van der Waals surface area contributed by atoms with Gasteiger partial charge in [-0.15, -0.1) is 23.5 Å². The zero-order valence-corrected chi connectivity index (χ0v) is 15.1. The van der Waals surface area contributed by atoms with Gasteiger partial charge >= 0.3 is 0 Å². The summed E-state index contributed by atoms with van der Waals surface area (Å²) in [7, 11) is 0. The Balaban J connectivity index is 2.19. The van der Waals surface area contributed by atoms with Crippen molar-refractivity contribution in [1.82, 2.24) is 0 Å². The quantitative estimate of drug-likeness (QED) is 0.615. The zero-order chi connectivity index (χ0) is 16.0. The highest BCUT2D eigenvalue weighted by Gasteiger charge is 2.41. The van der Waals surface area contributed by atoms with Gasteiger partial charge in [0.1, 0.15) is 0 Å². The molecule has 2 aliphatic heterocycles. The molecule has 0 aromatic rings. The molecular formula is C18H20N2S2. The van der Waals surface area contributed by atoms with Gasteiger partial charge in [-0.3, -0.25) is 0 Å². The monoisotopic (exact) mass is 328 g/mol. The van der Waals surface area contributed by atoms with Crippen LogP contribution in [0, 0.1) is 34.5 Å². The van der Waals surface area contributed by atoms with Gasteiger partial charge < -0.3 is 0 Å². The SMILES string of the molecule is CC1=C2CCC3=C(C)SC(/C(C#N)=C(/C#N)C(S1)C2C)C3C. The maximum absolute atomic E-state index is 9.76. The lowest BCUT2D eigenvalue weighted by Gasteiger charge is -2.24. The molecule has 1 aliphatic carbocycles. The second-order valence-electron chi connectivity index (χ2n) is 6.37. The van der Waals surface area contributed by atoms with Crippen LogP contribution in [0.4, 0.5) is 0 Å². The second kappa shape index (κ2) is 5.84. The summed E-state index contributed by atoms with van der Waals surface area (Å²) < 4.78 is 0. The number of hydrogen-bond acceptors (Lipinski definition) is 4. The van der Waals surface area contributed by atoms with E-state index in [2.05, 4.69) is 39.8 Å². The molecule has 3 rings (SSSR count). The molecule has 0 spiro atoms. The van der Waals surface area contributed by atoms with Gasteiger partial charge in [-0.05, 0) is 48.3 Å². The van der Waals surface area contributed by atoms with E-state index in [9.17, 15) is 10.5 Å². The van der Waals surface area contributed by atoms with E-state index in [4.69, 9.17) is 0 Å². The van der Waals surface area contributed by atoms with E-state index >= 15 is 0 Å². The summed E-state index contributed by atoms with van der Waals surface area (Å²) in [6.45, 7) is 8.79. The molecule has 0 amide bonds. The Hall–Kier alpha value is -1.10. The molecule has 0 N–H and O–H groups in total. The van der Waals surface area contributed by atoms with Gasteiger partial charge in [0.25, 0.3) is 0 Å². The van der Waals surface area contributed by atoms with E-state index in [0.29, 0.717) is 11.8 Å². The summed E-state index contributed by atoms with van der Waals surface area (Å²) >= 11 is 3.59. The fourth-order valence-electron chi connectivity index (χ4n) is 3.99. The van der Waals surface area contributed by atoms with Gasteiger partial charge in [0.15, 0.2) is 0 Å². The van der Waals surface area contributed by atoms with Crippen molar-refractivity contribution in [1.29, 1.82) is 10.5 Å². The van der Waals surface area contributed by atoms with Crippen LogP contribution in [0.3, 0.4) is 0 Å². The van der Waals surface area contributed by atoms with E-state index < -0.39 is 0 Å². The van der Waals surface area contributed by atoms with Crippen molar-refractivity contribution in [3.63, 3.8) is 0 Å². The van der Waals surface area contributed by atoms with Gasteiger partial charge in [-0.2, -0.15) is 10.5 Å². The molecule has 4 heteroatoms. The van der Waals surface area contributed by atoms with Crippen LogP contribution >= 0.6 is 23.5 Å². The average Bonchev–Trinajstić information content (AvgIpc) is 2.91. The van der Waals surface area contributed by atoms with Gasteiger partial charge in [0.2, 0.25) is 0 Å². The van der Waals surface area contributed by atoms with Crippen LogP contribution < -0.4 is 0 Å². The number of thioether (sulfide) groups is 2. The van der Waals surface area contributed by atoms with Crippen molar-refractivity contribution in [2.75, 3.05) is 0 Å². The van der Waals surface area contributed by atoms with Gasteiger partial charge in [-0.25, -0.2) is 0 Å². The molecule has 4 bridgehead atoms. The molecule has 4 unspecified atom stereocenters. The largest absolute Gasteiger partial charge is 0.193 e. The lowest BCUT2D eigenvalue weighted by molar-refractivity contribution is 0.609. The fraction of sp³-hybridized carbons (Fsp3) is 0.556. The molecule has 0 aromatic heterocycles. The van der Waals surface area contributed by atoms with E-state index in [-0.39, 0.29) is 10.5 Å². The van der Waals surface area contributed by atoms with Crippen molar-refractivity contribution in [3.05, 3.63) is 32.1 Å². The number of fused-ring (bicyclic) bond motifs is 4. The third-order valence-electron chi connectivity index (χ3n) is 5.28. The first-order chi connectivity index (χ1) is 10.5. The van der Waals surface area contributed by atoms with Crippen LogP contribution in [0.5, 0.6) is 0 Å². The Kier molecular flexibility index (Phi) is 4.19. The summed E-state index contributed by atoms with van der Waals surface area (Å²) in [6.07, 6.45) is 2.20. The third-order valence-corrected chi connectivity index (χ3v) is 8.31.